The molecule has 0 unspecified atom stereocenters. The van der Waals surface area contributed by atoms with Crippen LogP contribution in [0.5, 0.6) is 0 Å². The van der Waals surface area contributed by atoms with Crippen LogP contribution in [-0.2, 0) is 12.1 Å². The third kappa shape index (κ3) is 2.82. The second-order valence-corrected chi connectivity index (χ2v) is 3.85. The second kappa shape index (κ2) is 4.83. The molecule has 0 spiro atoms. The van der Waals surface area contributed by atoms with Crippen molar-refractivity contribution in [1.29, 1.82) is 0 Å². The van der Waals surface area contributed by atoms with E-state index < -0.39 is 23.9 Å². The smallest absolute Gasteiger partial charge is 0.246 e. The predicted octanol–water partition coefficient (Wildman–Crippen LogP) is 4.54. The average Bonchev–Trinajstić information content (AvgIpc) is 2.15. The summed E-state index contributed by atoms with van der Waals surface area (Å²) < 4.78 is 61.6. The third-order valence-corrected chi connectivity index (χ3v) is 2.88. The Hall–Kier alpha value is -0.430. The lowest BCUT2D eigenvalue weighted by atomic mass is 10.2. The molecule has 90 valence electrons. The van der Waals surface area contributed by atoms with E-state index >= 15 is 0 Å². The molecule has 0 radical (unpaired) electrons. The largest absolute Gasteiger partial charge is 0.433 e. The van der Waals surface area contributed by atoms with Crippen molar-refractivity contribution in [2.45, 2.75) is 18.5 Å². The van der Waals surface area contributed by atoms with Gasteiger partial charge in [-0.25, -0.2) is 13.8 Å². The maximum Gasteiger partial charge on any atom is 0.433 e. The molecule has 0 aliphatic carbocycles. The van der Waals surface area contributed by atoms with Crippen LogP contribution in [0.3, 0.4) is 0 Å². The van der Waals surface area contributed by atoms with Gasteiger partial charge in [-0.15, -0.1) is 11.6 Å². The zero-order chi connectivity index (χ0) is 12.5. The van der Waals surface area contributed by atoms with Crippen molar-refractivity contribution in [3.8, 4) is 0 Å². The molecule has 1 nitrogen and oxygen atoms in total. The molecule has 0 amide bonds. The zero-order valence-corrected chi connectivity index (χ0v) is 9.80. The van der Waals surface area contributed by atoms with Gasteiger partial charge in [-0.1, -0.05) is 0 Å². The highest BCUT2D eigenvalue weighted by Crippen LogP contribution is 2.36. The van der Waals surface area contributed by atoms with Gasteiger partial charge in [-0.2, -0.15) is 13.2 Å². The number of hydrogen-bond donors (Lipinski definition) is 0. The van der Waals surface area contributed by atoms with Crippen molar-refractivity contribution in [2.75, 3.05) is 0 Å². The van der Waals surface area contributed by atoms with E-state index in [1.807, 2.05) is 0 Å². The number of alkyl halides is 6. The number of aromatic nitrogens is 1. The van der Waals surface area contributed by atoms with Gasteiger partial charge in [0.15, 0.2) is 0 Å². The third-order valence-electron chi connectivity index (χ3n) is 1.71. The molecule has 0 aliphatic heterocycles. The van der Waals surface area contributed by atoms with E-state index in [2.05, 4.69) is 20.9 Å². The van der Waals surface area contributed by atoms with Gasteiger partial charge < -0.3 is 0 Å². The summed E-state index contributed by atoms with van der Waals surface area (Å²) in [4.78, 5) is 3.17. The lowest BCUT2D eigenvalue weighted by Crippen LogP contribution is -2.11. The second-order valence-electron chi connectivity index (χ2n) is 2.79. The molecule has 8 heteroatoms. The van der Waals surface area contributed by atoms with Crippen LogP contribution in [0.4, 0.5) is 22.0 Å². The summed E-state index contributed by atoms with van der Waals surface area (Å²) in [7, 11) is 0. The molecule has 0 saturated carbocycles. The highest BCUT2D eigenvalue weighted by atomic mass is 79.9. The Morgan fingerprint density at radius 3 is 2.31 bits per heavy atom. The number of pyridine rings is 1. The lowest BCUT2D eigenvalue weighted by molar-refractivity contribution is -0.141. The van der Waals surface area contributed by atoms with Gasteiger partial charge in [-0.05, 0) is 22.0 Å². The summed E-state index contributed by atoms with van der Waals surface area (Å²) in [6, 6.07) is 0.310. The van der Waals surface area contributed by atoms with Crippen LogP contribution in [-0.4, -0.2) is 4.98 Å². The average molecular weight is 324 g/mol. The molecule has 1 aromatic rings. The van der Waals surface area contributed by atoms with E-state index in [0.717, 1.165) is 0 Å². The predicted molar refractivity (Wildman–Crippen MR) is 51.5 cm³/mol. The van der Waals surface area contributed by atoms with E-state index in [-0.39, 0.29) is 16.0 Å². The highest BCUT2D eigenvalue weighted by molar-refractivity contribution is 9.10. The summed E-state index contributed by atoms with van der Waals surface area (Å²) in [5.74, 6) is -0.385. The van der Waals surface area contributed by atoms with Crippen molar-refractivity contribution in [2.24, 2.45) is 0 Å². The van der Waals surface area contributed by atoms with Crippen LogP contribution in [0, 0.1) is 0 Å². The van der Waals surface area contributed by atoms with Gasteiger partial charge in [0.2, 0.25) is 0 Å². The highest BCUT2D eigenvalue weighted by Gasteiger charge is 2.34. The molecule has 0 fully saturated rings. The van der Waals surface area contributed by atoms with E-state index in [9.17, 15) is 22.0 Å². The molecule has 1 aromatic heterocycles. The Kier molecular flexibility index (Phi) is 4.12. The Bertz CT molecular complexity index is 393. The van der Waals surface area contributed by atoms with E-state index in [1.54, 1.807) is 0 Å². The summed E-state index contributed by atoms with van der Waals surface area (Å²) in [5.41, 5.74) is -2.40. The number of hydrogen-bond acceptors (Lipinski definition) is 1. The first kappa shape index (κ1) is 13.6. The van der Waals surface area contributed by atoms with Crippen LogP contribution in [0.25, 0.3) is 0 Å². The maximum absolute atomic E-state index is 12.4. The van der Waals surface area contributed by atoms with E-state index in [0.29, 0.717) is 6.07 Å². The normalized spacial score (nSPS) is 12.2. The molecule has 0 aliphatic rings. The van der Waals surface area contributed by atoms with Gasteiger partial charge in [0.05, 0.1) is 11.6 Å². The summed E-state index contributed by atoms with van der Waals surface area (Å²) in [6.07, 6.45) is -7.80. The van der Waals surface area contributed by atoms with Crippen molar-refractivity contribution < 1.29 is 22.0 Å². The molecule has 16 heavy (non-hydrogen) atoms. The first-order valence-corrected chi connectivity index (χ1v) is 5.20. The topological polar surface area (TPSA) is 12.9 Å². The molecular formula is C8H4BrClF5N. The van der Waals surface area contributed by atoms with Gasteiger partial charge in [0.25, 0.3) is 6.43 Å². The van der Waals surface area contributed by atoms with Crippen LogP contribution < -0.4 is 0 Å². The number of nitrogens with zero attached hydrogens (tertiary/aromatic N) is 1. The molecule has 0 bridgehead atoms. The Morgan fingerprint density at radius 1 is 1.38 bits per heavy atom. The van der Waals surface area contributed by atoms with Crippen molar-refractivity contribution in [1.82, 2.24) is 4.98 Å². The number of rotatable bonds is 2. The fourth-order valence-electron chi connectivity index (χ4n) is 0.997. The molecule has 0 saturated heterocycles. The van der Waals surface area contributed by atoms with Crippen molar-refractivity contribution >= 4 is 27.5 Å². The molecule has 0 N–H and O–H groups in total. The summed E-state index contributed by atoms with van der Waals surface area (Å²) in [5, 5.41) is 0. The van der Waals surface area contributed by atoms with E-state index in [4.69, 9.17) is 11.6 Å². The minimum atomic E-state index is -4.77. The quantitative estimate of drug-likeness (QED) is 0.575. The zero-order valence-electron chi connectivity index (χ0n) is 7.45. The molecule has 1 rings (SSSR count). The first-order chi connectivity index (χ1) is 7.27. The fraction of sp³-hybridized carbons (Fsp3) is 0.375. The van der Waals surface area contributed by atoms with Gasteiger partial charge in [0.1, 0.15) is 5.69 Å². The SMILES string of the molecule is FC(F)c1cc(C(F)(F)F)nc(CCl)c1Br. The summed E-state index contributed by atoms with van der Waals surface area (Å²) >= 11 is 8.07. The lowest BCUT2D eigenvalue weighted by Gasteiger charge is -2.12. The molecular weight excluding hydrogens is 320 g/mol. The minimum absolute atomic E-state index is 0.189. The van der Waals surface area contributed by atoms with Gasteiger partial charge >= 0.3 is 6.18 Å². The Balaban J connectivity index is 3.40. The molecule has 1 heterocycles. The van der Waals surface area contributed by atoms with Gasteiger partial charge in [0, 0.05) is 10.0 Å². The van der Waals surface area contributed by atoms with Crippen molar-refractivity contribution in [3.63, 3.8) is 0 Å². The maximum atomic E-state index is 12.4. The van der Waals surface area contributed by atoms with Crippen molar-refractivity contribution in [3.05, 3.63) is 27.5 Å². The Labute approximate surface area is 101 Å². The number of halogens is 7. The van der Waals surface area contributed by atoms with E-state index in [1.165, 1.54) is 0 Å². The van der Waals surface area contributed by atoms with Crippen LogP contribution in [0.15, 0.2) is 10.5 Å². The Morgan fingerprint density at radius 2 is 1.94 bits per heavy atom. The molecule has 0 aromatic carbocycles. The van der Waals surface area contributed by atoms with Crippen LogP contribution in [0.2, 0.25) is 0 Å². The van der Waals surface area contributed by atoms with Crippen LogP contribution in [0.1, 0.15) is 23.4 Å². The fourth-order valence-corrected chi connectivity index (χ4v) is 1.87. The van der Waals surface area contributed by atoms with Crippen LogP contribution >= 0.6 is 27.5 Å². The molecule has 0 atom stereocenters. The standard InChI is InChI=1S/C8H4BrClF5N/c9-6-3(7(11)12)1-5(8(13,14)15)16-4(6)2-10/h1,7H,2H2. The minimum Gasteiger partial charge on any atom is -0.246 e. The summed E-state index contributed by atoms with van der Waals surface area (Å²) in [6.45, 7) is 0. The van der Waals surface area contributed by atoms with Gasteiger partial charge in [-0.3, -0.25) is 0 Å². The monoisotopic (exact) mass is 323 g/mol. The first-order valence-electron chi connectivity index (χ1n) is 3.88.